The van der Waals surface area contributed by atoms with Gasteiger partial charge in [0.05, 0.1) is 11.1 Å². The van der Waals surface area contributed by atoms with Crippen LogP contribution in [0.4, 0.5) is 0 Å². The second-order valence-electron chi connectivity index (χ2n) is 4.30. The highest BCUT2D eigenvalue weighted by molar-refractivity contribution is 7.11. The molecule has 1 heterocycles. The molecule has 4 N–H and O–H groups in total. The Morgan fingerprint density at radius 2 is 2.24 bits per heavy atom. The summed E-state index contributed by atoms with van der Waals surface area (Å²) in [5.74, 6) is -1.41. The molecule has 7 heteroatoms. The Morgan fingerprint density at radius 3 is 2.71 bits per heavy atom. The molecule has 0 saturated carbocycles. The number of carbonyl (C=O) groups is 2. The number of carboxylic acids is 1. The van der Waals surface area contributed by atoms with Crippen LogP contribution in [0.25, 0.3) is 0 Å². The first-order valence-corrected chi connectivity index (χ1v) is 5.89. The van der Waals surface area contributed by atoms with E-state index in [1.54, 1.807) is 19.2 Å². The van der Waals surface area contributed by atoms with Crippen LogP contribution in [0.3, 0.4) is 0 Å². The van der Waals surface area contributed by atoms with E-state index in [1.165, 1.54) is 0 Å². The number of nitrogens with one attached hydrogen (secondary N) is 1. The lowest BCUT2D eigenvalue weighted by Gasteiger charge is -2.20. The van der Waals surface area contributed by atoms with Gasteiger partial charge in [-0.15, -0.1) is 11.3 Å². The van der Waals surface area contributed by atoms with Gasteiger partial charge in [0.1, 0.15) is 0 Å². The average molecular weight is 257 g/mol. The zero-order valence-electron chi connectivity index (χ0n) is 9.69. The summed E-state index contributed by atoms with van der Waals surface area (Å²) in [6.45, 7) is 4.32. The van der Waals surface area contributed by atoms with Gasteiger partial charge in [0.25, 0.3) is 0 Å². The SMILES string of the molecule is CC(C)(CNCc1csc(C(=O)O)n1)C(N)=O. The van der Waals surface area contributed by atoms with Gasteiger partial charge in [0, 0.05) is 18.5 Å². The van der Waals surface area contributed by atoms with Gasteiger partial charge in [-0.3, -0.25) is 4.79 Å². The van der Waals surface area contributed by atoms with E-state index in [4.69, 9.17) is 10.8 Å². The van der Waals surface area contributed by atoms with Crippen LogP contribution in [0.15, 0.2) is 5.38 Å². The maximum atomic E-state index is 11.0. The highest BCUT2D eigenvalue weighted by Gasteiger charge is 2.24. The molecule has 0 bridgehead atoms. The third-order valence-corrected chi connectivity index (χ3v) is 3.15. The summed E-state index contributed by atoms with van der Waals surface area (Å²) in [6.07, 6.45) is 0. The Bertz CT molecular complexity index is 428. The molecular weight excluding hydrogens is 242 g/mol. The lowest BCUT2D eigenvalue weighted by atomic mass is 9.93. The zero-order chi connectivity index (χ0) is 13.1. The van der Waals surface area contributed by atoms with Gasteiger partial charge in [-0.2, -0.15) is 0 Å². The fourth-order valence-electron chi connectivity index (χ4n) is 1.08. The molecule has 17 heavy (non-hydrogen) atoms. The van der Waals surface area contributed by atoms with E-state index in [1.807, 2.05) is 0 Å². The van der Waals surface area contributed by atoms with E-state index in [9.17, 15) is 9.59 Å². The molecule has 0 spiro atoms. The van der Waals surface area contributed by atoms with Crippen LogP contribution in [0.1, 0.15) is 29.3 Å². The van der Waals surface area contributed by atoms with Crippen molar-refractivity contribution in [3.63, 3.8) is 0 Å². The van der Waals surface area contributed by atoms with E-state index in [-0.39, 0.29) is 10.9 Å². The van der Waals surface area contributed by atoms with E-state index < -0.39 is 11.4 Å². The summed E-state index contributed by atoms with van der Waals surface area (Å²) in [4.78, 5) is 25.6. The molecule has 0 fully saturated rings. The number of carboxylic acid groups (broad SMARTS) is 1. The Labute approximate surface area is 103 Å². The smallest absolute Gasteiger partial charge is 0.365 e. The number of amides is 1. The Morgan fingerprint density at radius 1 is 1.59 bits per heavy atom. The van der Waals surface area contributed by atoms with Crippen LogP contribution in [0.5, 0.6) is 0 Å². The largest absolute Gasteiger partial charge is 0.476 e. The minimum Gasteiger partial charge on any atom is -0.476 e. The van der Waals surface area contributed by atoms with Crippen molar-refractivity contribution in [2.24, 2.45) is 11.1 Å². The van der Waals surface area contributed by atoms with Crippen LogP contribution in [0, 0.1) is 5.41 Å². The number of thiazole rings is 1. The number of aromatic nitrogens is 1. The fourth-order valence-corrected chi connectivity index (χ4v) is 1.73. The molecule has 94 valence electrons. The van der Waals surface area contributed by atoms with Gasteiger partial charge in [-0.1, -0.05) is 0 Å². The third-order valence-electron chi connectivity index (χ3n) is 2.27. The van der Waals surface area contributed by atoms with Crippen molar-refractivity contribution in [1.29, 1.82) is 0 Å². The van der Waals surface area contributed by atoms with E-state index in [2.05, 4.69) is 10.3 Å². The van der Waals surface area contributed by atoms with Gasteiger partial charge < -0.3 is 16.2 Å². The molecule has 0 unspecified atom stereocenters. The summed E-state index contributed by atoms with van der Waals surface area (Å²) < 4.78 is 0. The Balaban J connectivity index is 2.46. The molecular formula is C10H15N3O3S. The van der Waals surface area contributed by atoms with Gasteiger partial charge in [-0.25, -0.2) is 9.78 Å². The predicted octanol–water partition coefficient (Wildman–Crippen LogP) is 0.442. The minimum absolute atomic E-state index is 0.0657. The van der Waals surface area contributed by atoms with Crippen LogP contribution in [0.2, 0.25) is 0 Å². The van der Waals surface area contributed by atoms with E-state index in [0.29, 0.717) is 18.8 Å². The number of aromatic carboxylic acids is 1. The van der Waals surface area contributed by atoms with Gasteiger partial charge in [0.15, 0.2) is 0 Å². The van der Waals surface area contributed by atoms with Crippen LogP contribution in [-0.4, -0.2) is 28.5 Å². The summed E-state index contributed by atoms with van der Waals surface area (Å²) >= 11 is 1.08. The summed E-state index contributed by atoms with van der Waals surface area (Å²) in [7, 11) is 0. The quantitative estimate of drug-likeness (QED) is 0.686. The van der Waals surface area contributed by atoms with Crippen molar-refractivity contribution < 1.29 is 14.7 Å². The van der Waals surface area contributed by atoms with Crippen molar-refractivity contribution in [3.05, 3.63) is 16.1 Å². The van der Waals surface area contributed by atoms with Crippen LogP contribution >= 0.6 is 11.3 Å². The first kappa shape index (κ1) is 13.6. The molecule has 1 amide bonds. The first-order chi connectivity index (χ1) is 7.83. The summed E-state index contributed by atoms with van der Waals surface area (Å²) in [5, 5.41) is 13.5. The van der Waals surface area contributed by atoms with Crippen molar-refractivity contribution in [2.45, 2.75) is 20.4 Å². The molecule has 0 aliphatic heterocycles. The van der Waals surface area contributed by atoms with Crippen molar-refractivity contribution >= 4 is 23.2 Å². The Kier molecular flexibility index (Phi) is 4.19. The summed E-state index contributed by atoms with van der Waals surface area (Å²) in [5.41, 5.74) is 5.24. The maximum absolute atomic E-state index is 11.0. The second-order valence-corrected chi connectivity index (χ2v) is 5.16. The molecule has 1 aromatic rings. The van der Waals surface area contributed by atoms with Crippen molar-refractivity contribution in [1.82, 2.24) is 10.3 Å². The first-order valence-electron chi connectivity index (χ1n) is 5.01. The molecule has 0 radical (unpaired) electrons. The minimum atomic E-state index is -1.03. The maximum Gasteiger partial charge on any atom is 0.365 e. The zero-order valence-corrected chi connectivity index (χ0v) is 10.5. The molecule has 0 saturated heterocycles. The van der Waals surface area contributed by atoms with Crippen molar-refractivity contribution in [2.75, 3.05) is 6.54 Å². The molecule has 1 rings (SSSR count). The Hall–Kier alpha value is -1.47. The molecule has 0 atom stereocenters. The normalized spacial score (nSPS) is 11.4. The number of nitrogens with two attached hydrogens (primary N) is 1. The highest BCUT2D eigenvalue weighted by Crippen LogP contribution is 2.13. The highest BCUT2D eigenvalue weighted by atomic mass is 32.1. The molecule has 0 aromatic carbocycles. The van der Waals surface area contributed by atoms with Gasteiger partial charge in [0.2, 0.25) is 10.9 Å². The van der Waals surface area contributed by atoms with Gasteiger partial charge in [-0.05, 0) is 13.8 Å². The third kappa shape index (κ3) is 3.79. The van der Waals surface area contributed by atoms with Crippen molar-refractivity contribution in [3.8, 4) is 0 Å². The van der Waals surface area contributed by atoms with Crippen LogP contribution < -0.4 is 11.1 Å². The van der Waals surface area contributed by atoms with Gasteiger partial charge >= 0.3 is 5.97 Å². The number of carbonyl (C=O) groups excluding carboxylic acids is 1. The molecule has 0 aliphatic carbocycles. The average Bonchev–Trinajstić information content (AvgIpc) is 2.66. The monoisotopic (exact) mass is 257 g/mol. The number of rotatable bonds is 6. The molecule has 0 aliphatic rings. The van der Waals surface area contributed by atoms with Crippen LogP contribution in [-0.2, 0) is 11.3 Å². The number of hydrogen-bond acceptors (Lipinski definition) is 5. The lowest BCUT2D eigenvalue weighted by molar-refractivity contribution is -0.125. The molecule has 6 nitrogen and oxygen atoms in total. The van der Waals surface area contributed by atoms with E-state index >= 15 is 0 Å². The molecule has 1 aromatic heterocycles. The number of primary amides is 1. The number of hydrogen-bond donors (Lipinski definition) is 3. The lowest BCUT2D eigenvalue weighted by Crippen LogP contribution is -2.40. The summed E-state index contributed by atoms with van der Waals surface area (Å²) in [6, 6.07) is 0. The number of nitrogens with zero attached hydrogens (tertiary/aromatic N) is 1. The second kappa shape index (κ2) is 5.24. The van der Waals surface area contributed by atoms with E-state index in [0.717, 1.165) is 11.3 Å². The predicted molar refractivity (Wildman–Crippen MR) is 63.8 cm³/mol. The topological polar surface area (TPSA) is 105 Å². The fraction of sp³-hybridized carbons (Fsp3) is 0.500. The standard InChI is InChI=1S/C10H15N3O3S/c1-10(2,9(11)16)5-12-3-6-4-17-7(13-6)8(14)15/h4,12H,3,5H2,1-2H3,(H2,11,16)(H,14,15).